The molecule has 1 atom stereocenters. The van der Waals surface area contributed by atoms with E-state index in [1.54, 1.807) is 29.9 Å². The highest BCUT2D eigenvalue weighted by Crippen LogP contribution is 2.47. The van der Waals surface area contributed by atoms with Crippen LogP contribution in [0.2, 0.25) is 5.02 Å². The fraction of sp³-hybridized carbons (Fsp3) is 0.304. The quantitative estimate of drug-likeness (QED) is 0.341. The summed E-state index contributed by atoms with van der Waals surface area (Å²) < 4.78 is 29.3. The van der Waals surface area contributed by atoms with Crippen molar-refractivity contribution >= 4 is 28.9 Å². The van der Waals surface area contributed by atoms with Crippen LogP contribution >= 0.6 is 22.9 Å². The van der Waals surface area contributed by atoms with Crippen molar-refractivity contribution in [3.05, 3.63) is 61.5 Å². The molecule has 0 bridgehead atoms. The maximum Gasteiger partial charge on any atom is 0.343 e. The Balaban J connectivity index is 1.86. The molecule has 1 aliphatic rings. The van der Waals surface area contributed by atoms with Gasteiger partial charge in [0.1, 0.15) is 11.3 Å². The minimum Gasteiger partial charge on any atom is -0.493 e. The van der Waals surface area contributed by atoms with Gasteiger partial charge in [-0.15, -0.1) is 11.3 Å². The summed E-state index contributed by atoms with van der Waals surface area (Å²) in [5.74, 6) is 0.760. The largest absolute Gasteiger partial charge is 0.493 e. The molecule has 0 N–H and O–H groups in total. The van der Waals surface area contributed by atoms with E-state index in [-0.39, 0.29) is 5.56 Å². The molecule has 0 amide bonds. The summed E-state index contributed by atoms with van der Waals surface area (Å²) >= 11 is 7.82. The van der Waals surface area contributed by atoms with Crippen LogP contribution in [0.1, 0.15) is 27.9 Å². The molecule has 4 rings (SSSR count). The van der Waals surface area contributed by atoms with E-state index in [9.17, 15) is 9.59 Å². The molecule has 0 fully saturated rings. The summed E-state index contributed by atoms with van der Waals surface area (Å²) in [4.78, 5) is 25.6. The molecule has 10 heteroatoms. The van der Waals surface area contributed by atoms with E-state index >= 15 is 0 Å². The van der Waals surface area contributed by atoms with Crippen molar-refractivity contribution < 1.29 is 28.5 Å². The van der Waals surface area contributed by atoms with Gasteiger partial charge in [-0.2, -0.15) is 0 Å². The molecule has 0 saturated carbocycles. The number of aromatic nitrogens is 1. The highest BCUT2D eigenvalue weighted by atomic mass is 35.5. The predicted molar refractivity (Wildman–Crippen MR) is 124 cm³/mol. The maximum absolute atomic E-state index is 12.7. The standard InChI is InChI=1S/C23H22ClNO7S/c1-28-6-4-7-31-20-11-18-13(9-19(20)29-2)16-10-17(26)14(23(27)30-3)12-25(16)22(32-18)21-15(24)5-8-33-21/h5,8-12,22H,4,6-7H2,1-3H3/t22-/m0/s1. The second-order valence-electron chi connectivity index (χ2n) is 7.13. The molecular formula is C23H22ClNO7S. The van der Waals surface area contributed by atoms with Crippen molar-refractivity contribution in [3.8, 4) is 28.5 Å². The summed E-state index contributed by atoms with van der Waals surface area (Å²) in [5.41, 5.74) is 0.605. The van der Waals surface area contributed by atoms with Crippen molar-refractivity contribution in [1.82, 2.24) is 4.57 Å². The maximum atomic E-state index is 12.7. The Morgan fingerprint density at radius 2 is 2.00 bits per heavy atom. The molecule has 0 unspecified atom stereocenters. The van der Waals surface area contributed by atoms with E-state index in [4.69, 9.17) is 35.3 Å². The van der Waals surface area contributed by atoms with Crippen LogP contribution in [-0.4, -0.2) is 45.1 Å². The molecule has 8 nitrogen and oxygen atoms in total. The monoisotopic (exact) mass is 491 g/mol. The molecule has 0 radical (unpaired) electrons. The van der Waals surface area contributed by atoms with Gasteiger partial charge in [0.05, 0.1) is 36.4 Å². The first-order chi connectivity index (χ1) is 16.0. The smallest absolute Gasteiger partial charge is 0.343 e. The number of benzene rings is 1. The number of halogens is 1. The van der Waals surface area contributed by atoms with E-state index in [2.05, 4.69) is 0 Å². The number of hydrogen-bond acceptors (Lipinski definition) is 8. The molecule has 3 aromatic rings. The van der Waals surface area contributed by atoms with Crippen LogP contribution in [0.25, 0.3) is 11.3 Å². The minimum atomic E-state index is -0.727. The number of fused-ring (bicyclic) bond motifs is 3. The number of thiophene rings is 1. The number of carbonyl (C=O) groups is 1. The Morgan fingerprint density at radius 3 is 2.67 bits per heavy atom. The molecule has 3 heterocycles. The van der Waals surface area contributed by atoms with Crippen molar-refractivity contribution in [1.29, 1.82) is 0 Å². The van der Waals surface area contributed by atoms with Crippen molar-refractivity contribution in [2.75, 3.05) is 34.5 Å². The highest BCUT2D eigenvalue weighted by Gasteiger charge is 2.32. The minimum absolute atomic E-state index is 0.101. The number of nitrogens with zero attached hydrogens (tertiary/aromatic N) is 1. The van der Waals surface area contributed by atoms with Crippen LogP contribution in [0.3, 0.4) is 0 Å². The van der Waals surface area contributed by atoms with Crippen molar-refractivity contribution in [2.45, 2.75) is 12.6 Å². The fourth-order valence-corrected chi connectivity index (χ4v) is 4.73. The SMILES string of the molecule is COCCCOc1cc2c(cc1OC)-c1cc(=O)c(C(=O)OC)cn1[C@H](c1sccc1Cl)O2. The van der Waals surface area contributed by atoms with Crippen LogP contribution < -0.4 is 19.6 Å². The molecule has 2 aromatic heterocycles. The van der Waals surface area contributed by atoms with E-state index < -0.39 is 17.6 Å². The van der Waals surface area contributed by atoms with Gasteiger partial charge in [-0.25, -0.2) is 4.79 Å². The molecule has 0 aliphatic carbocycles. The van der Waals surface area contributed by atoms with Crippen molar-refractivity contribution in [3.63, 3.8) is 0 Å². The first-order valence-corrected chi connectivity index (χ1v) is 11.3. The lowest BCUT2D eigenvalue weighted by molar-refractivity contribution is 0.0597. The van der Waals surface area contributed by atoms with E-state index in [1.807, 2.05) is 5.38 Å². The number of hydrogen-bond donors (Lipinski definition) is 0. The third kappa shape index (κ3) is 4.44. The van der Waals surface area contributed by atoms with Gasteiger partial charge in [0.25, 0.3) is 0 Å². The lowest BCUT2D eigenvalue weighted by Crippen LogP contribution is -2.27. The summed E-state index contributed by atoms with van der Waals surface area (Å²) in [5, 5.41) is 2.36. The van der Waals surface area contributed by atoms with Gasteiger partial charge < -0.3 is 28.3 Å². The predicted octanol–water partition coefficient (Wildman–Crippen LogP) is 4.38. The molecule has 174 valence electrons. The zero-order valence-corrected chi connectivity index (χ0v) is 19.8. The summed E-state index contributed by atoms with van der Waals surface area (Å²) in [6, 6.07) is 6.64. The van der Waals surface area contributed by atoms with E-state index in [0.717, 1.165) is 4.88 Å². The molecule has 33 heavy (non-hydrogen) atoms. The number of carbonyl (C=O) groups excluding carboxylic acids is 1. The van der Waals surface area contributed by atoms with Gasteiger partial charge in [-0.3, -0.25) is 4.79 Å². The second kappa shape index (κ2) is 9.86. The number of pyridine rings is 1. The number of esters is 1. The average molecular weight is 492 g/mol. The first kappa shape index (κ1) is 23.2. The van der Waals surface area contributed by atoms with Crippen LogP contribution in [0.15, 0.2) is 40.6 Å². The fourth-order valence-electron chi connectivity index (χ4n) is 3.56. The normalized spacial score (nSPS) is 14.1. The van der Waals surface area contributed by atoms with E-state index in [1.165, 1.54) is 37.8 Å². The lowest BCUT2D eigenvalue weighted by atomic mass is 10.0. The van der Waals surface area contributed by atoms with Gasteiger partial charge in [-0.1, -0.05) is 11.6 Å². The molecule has 1 aliphatic heterocycles. The third-order valence-electron chi connectivity index (χ3n) is 5.14. The number of ether oxygens (including phenoxy) is 5. The summed E-state index contributed by atoms with van der Waals surface area (Å²) in [6.45, 7) is 1.00. The number of methoxy groups -OCH3 is 3. The Morgan fingerprint density at radius 1 is 1.18 bits per heavy atom. The first-order valence-electron chi connectivity index (χ1n) is 10.1. The molecule has 1 aromatic carbocycles. The number of rotatable bonds is 8. The Kier molecular flexibility index (Phi) is 6.92. The summed E-state index contributed by atoms with van der Waals surface area (Å²) in [6.07, 6.45) is 1.45. The second-order valence-corrected chi connectivity index (χ2v) is 8.49. The average Bonchev–Trinajstić information content (AvgIpc) is 3.25. The Bertz CT molecular complexity index is 1240. The van der Waals surface area contributed by atoms with Crippen molar-refractivity contribution in [2.24, 2.45) is 0 Å². The van der Waals surface area contributed by atoms with Gasteiger partial charge in [-0.05, 0) is 17.5 Å². The molecular weight excluding hydrogens is 470 g/mol. The van der Waals surface area contributed by atoms with Gasteiger partial charge in [0.15, 0.2) is 16.9 Å². The third-order valence-corrected chi connectivity index (χ3v) is 6.53. The zero-order valence-electron chi connectivity index (χ0n) is 18.3. The van der Waals surface area contributed by atoms with Crippen LogP contribution in [0.5, 0.6) is 17.2 Å². The van der Waals surface area contributed by atoms with Crippen LogP contribution in [0.4, 0.5) is 0 Å². The lowest BCUT2D eigenvalue weighted by Gasteiger charge is -2.31. The molecule has 0 spiro atoms. The van der Waals surface area contributed by atoms with Gasteiger partial charge in [0.2, 0.25) is 6.23 Å². The Hall–Kier alpha value is -3.01. The molecule has 0 saturated heterocycles. The van der Waals surface area contributed by atoms with Gasteiger partial charge >= 0.3 is 5.97 Å². The topological polar surface area (TPSA) is 85.2 Å². The van der Waals surface area contributed by atoms with E-state index in [0.29, 0.717) is 53.2 Å². The highest BCUT2D eigenvalue weighted by molar-refractivity contribution is 7.10. The van der Waals surface area contributed by atoms with Crippen LogP contribution in [0, 0.1) is 0 Å². The Labute approximate surface area is 199 Å². The van der Waals surface area contributed by atoms with Crippen LogP contribution in [-0.2, 0) is 9.47 Å². The van der Waals surface area contributed by atoms with Gasteiger partial charge in [0, 0.05) is 44.0 Å². The summed E-state index contributed by atoms with van der Waals surface area (Å²) in [7, 11) is 4.40. The zero-order chi connectivity index (χ0) is 23.5.